The van der Waals surface area contributed by atoms with Crippen LogP contribution in [0.2, 0.25) is 0 Å². The minimum Gasteiger partial charge on any atom is -0.393 e. The van der Waals surface area contributed by atoms with Crippen molar-refractivity contribution in [2.45, 2.75) is 108 Å². The number of hydrogen-bond acceptors (Lipinski definition) is 4. The number of halogens is 6. The minimum absolute atomic E-state index is 0.209. The van der Waals surface area contributed by atoms with E-state index in [0.717, 1.165) is 25.9 Å². The topological polar surface area (TPSA) is 55.8 Å². The highest BCUT2D eigenvalue weighted by atomic mass is 19.4. The molecule has 1 heterocycles. The Hall–Kier alpha value is -1.07. The number of hydrogen-bond donors (Lipinski definition) is 2. The molecule has 220 valence electrons. The second-order valence-corrected chi connectivity index (χ2v) is 12.1. The zero-order valence-corrected chi connectivity index (χ0v) is 22.1. The molecule has 3 aliphatic carbocycles. The van der Waals surface area contributed by atoms with E-state index in [1.54, 1.807) is 0 Å². The molecule has 38 heavy (non-hydrogen) atoms. The minimum atomic E-state index is -4.70. The van der Waals surface area contributed by atoms with Crippen LogP contribution in [0.4, 0.5) is 26.3 Å². The predicted molar refractivity (Wildman–Crippen MR) is 131 cm³/mol. The number of rotatable bonds is 6. The van der Waals surface area contributed by atoms with Crippen molar-refractivity contribution in [1.29, 1.82) is 0 Å². The van der Waals surface area contributed by atoms with E-state index in [4.69, 9.17) is 0 Å². The zero-order valence-electron chi connectivity index (χ0n) is 22.1. The van der Waals surface area contributed by atoms with Gasteiger partial charge in [0.05, 0.1) is 24.0 Å². The average molecular weight is 556 g/mol. The van der Waals surface area contributed by atoms with Gasteiger partial charge in [0.25, 0.3) is 0 Å². The summed E-state index contributed by atoms with van der Waals surface area (Å²) in [5.41, 5.74) is 0. The maximum absolute atomic E-state index is 13.5. The van der Waals surface area contributed by atoms with Crippen LogP contribution in [0.15, 0.2) is 0 Å². The molecule has 1 saturated heterocycles. The van der Waals surface area contributed by atoms with Crippen LogP contribution >= 0.6 is 0 Å². The number of aliphatic hydroxyl groups is 1. The van der Waals surface area contributed by atoms with Gasteiger partial charge in [-0.15, -0.1) is 0 Å². The first-order valence-electron chi connectivity index (χ1n) is 14.5. The van der Waals surface area contributed by atoms with Gasteiger partial charge in [-0.2, -0.15) is 26.3 Å². The Bertz CT molecular complexity index is 743. The maximum Gasteiger partial charge on any atom is 0.391 e. The second-order valence-electron chi connectivity index (χ2n) is 12.1. The molecule has 1 aliphatic heterocycles. The van der Waals surface area contributed by atoms with Crippen molar-refractivity contribution in [3.63, 3.8) is 0 Å². The first-order valence-corrected chi connectivity index (χ1v) is 14.5. The summed E-state index contributed by atoms with van der Waals surface area (Å²) in [7, 11) is 0. The number of amides is 1. The fourth-order valence-corrected chi connectivity index (χ4v) is 7.45. The molecule has 0 spiro atoms. The van der Waals surface area contributed by atoms with Gasteiger partial charge in [0, 0.05) is 44.7 Å². The van der Waals surface area contributed by atoms with Crippen LogP contribution in [0, 0.1) is 23.7 Å². The van der Waals surface area contributed by atoms with E-state index in [1.807, 2.05) is 0 Å². The summed E-state index contributed by atoms with van der Waals surface area (Å²) in [6.45, 7) is 2.75. The number of aliphatic hydroxyl groups excluding tert-OH is 1. The molecule has 5 unspecified atom stereocenters. The quantitative estimate of drug-likeness (QED) is 0.447. The molecule has 0 aromatic rings. The normalized spacial score (nSPS) is 34.1. The van der Waals surface area contributed by atoms with Crippen LogP contribution in [0.5, 0.6) is 0 Å². The van der Waals surface area contributed by atoms with E-state index in [9.17, 15) is 36.2 Å². The fraction of sp³-hybridized carbons (Fsp3) is 0.963. The third kappa shape index (κ3) is 7.56. The van der Waals surface area contributed by atoms with Crippen molar-refractivity contribution in [2.24, 2.45) is 23.7 Å². The Morgan fingerprint density at radius 1 is 0.789 bits per heavy atom. The lowest BCUT2D eigenvalue weighted by molar-refractivity contribution is -0.228. The Labute approximate surface area is 221 Å². The van der Waals surface area contributed by atoms with Gasteiger partial charge in [-0.3, -0.25) is 14.6 Å². The van der Waals surface area contributed by atoms with Crippen molar-refractivity contribution in [2.75, 3.05) is 32.7 Å². The van der Waals surface area contributed by atoms with Crippen molar-refractivity contribution in [3.8, 4) is 0 Å². The molecule has 2 N–H and O–H groups in total. The number of piperazine rings is 1. The molecule has 4 fully saturated rings. The van der Waals surface area contributed by atoms with E-state index in [2.05, 4.69) is 15.1 Å². The van der Waals surface area contributed by atoms with E-state index in [1.165, 1.54) is 32.1 Å². The van der Waals surface area contributed by atoms with Gasteiger partial charge in [-0.1, -0.05) is 32.1 Å². The summed E-state index contributed by atoms with van der Waals surface area (Å²) in [4.78, 5) is 18.1. The molecule has 0 bridgehead atoms. The number of carbonyl (C=O) groups is 1. The van der Waals surface area contributed by atoms with Crippen LogP contribution < -0.4 is 5.32 Å². The highest BCUT2D eigenvalue weighted by molar-refractivity contribution is 5.82. The fourth-order valence-electron chi connectivity index (χ4n) is 7.45. The highest BCUT2D eigenvalue weighted by Gasteiger charge is 2.52. The van der Waals surface area contributed by atoms with E-state index >= 15 is 0 Å². The molecule has 4 rings (SSSR count). The van der Waals surface area contributed by atoms with Gasteiger partial charge in [0.15, 0.2) is 0 Å². The van der Waals surface area contributed by atoms with Gasteiger partial charge in [0.1, 0.15) is 0 Å². The number of carbonyl (C=O) groups excluding carboxylic acids is 1. The van der Waals surface area contributed by atoms with Crippen LogP contribution in [-0.2, 0) is 4.79 Å². The standard InChI is InChI=1S/C27H43F6N3O2/c28-26(29,30)19-14-18(15-20(16-19)27(31,32)33)17-34-25(38)24(22-8-4-5-9-23(22)37)36-12-10-35(11-13-36)21-6-2-1-3-7-21/h18-24,37H,1-17H2,(H,34,38). The van der Waals surface area contributed by atoms with Crippen LogP contribution in [0.1, 0.15) is 77.0 Å². The molecule has 3 saturated carbocycles. The lowest BCUT2D eigenvalue weighted by Crippen LogP contribution is -2.61. The van der Waals surface area contributed by atoms with Crippen molar-refractivity contribution >= 4 is 5.91 Å². The summed E-state index contributed by atoms with van der Waals surface area (Å²) in [5.74, 6) is -5.60. The maximum atomic E-state index is 13.5. The van der Waals surface area contributed by atoms with Gasteiger partial charge in [0.2, 0.25) is 5.91 Å². The number of alkyl halides is 6. The molecule has 0 radical (unpaired) electrons. The summed E-state index contributed by atoms with van der Waals surface area (Å²) in [6.07, 6.45) is -2.66. The second kappa shape index (κ2) is 12.6. The molecular weight excluding hydrogens is 512 g/mol. The monoisotopic (exact) mass is 555 g/mol. The molecule has 11 heteroatoms. The molecule has 0 aromatic carbocycles. The highest BCUT2D eigenvalue weighted by Crippen LogP contribution is 2.47. The Morgan fingerprint density at radius 2 is 1.34 bits per heavy atom. The summed E-state index contributed by atoms with van der Waals surface area (Å²) < 4.78 is 80.4. The average Bonchev–Trinajstić information content (AvgIpc) is 2.88. The van der Waals surface area contributed by atoms with Crippen molar-refractivity contribution in [3.05, 3.63) is 0 Å². The Morgan fingerprint density at radius 3 is 1.89 bits per heavy atom. The Kier molecular flexibility index (Phi) is 9.93. The first-order chi connectivity index (χ1) is 17.9. The molecule has 5 nitrogen and oxygen atoms in total. The van der Waals surface area contributed by atoms with Gasteiger partial charge in [-0.05, 0) is 50.9 Å². The summed E-state index contributed by atoms with van der Waals surface area (Å²) >= 11 is 0. The third-order valence-corrected chi connectivity index (χ3v) is 9.58. The van der Waals surface area contributed by atoms with Gasteiger partial charge >= 0.3 is 12.4 Å². The number of nitrogens with zero attached hydrogens (tertiary/aromatic N) is 2. The molecular formula is C27H43F6N3O2. The number of nitrogens with one attached hydrogen (secondary N) is 1. The third-order valence-electron chi connectivity index (χ3n) is 9.58. The lowest BCUT2D eigenvalue weighted by atomic mass is 9.74. The smallest absolute Gasteiger partial charge is 0.391 e. The van der Waals surface area contributed by atoms with E-state index in [-0.39, 0.29) is 18.4 Å². The SMILES string of the molecule is O=C(NCC1CC(C(F)(F)F)CC(C(F)(F)F)C1)C(C1CCCCC1O)N1CCN(C2CCCCC2)CC1. The Balaban J connectivity index is 1.41. The molecule has 4 aliphatic rings. The van der Waals surface area contributed by atoms with Crippen LogP contribution in [0.3, 0.4) is 0 Å². The summed E-state index contributed by atoms with van der Waals surface area (Å²) in [6, 6.07) is -0.0628. The van der Waals surface area contributed by atoms with Gasteiger partial charge < -0.3 is 10.4 Å². The first kappa shape index (κ1) is 29.9. The molecule has 1 amide bonds. The van der Waals surface area contributed by atoms with Crippen LogP contribution in [-0.4, -0.2) is 84.1 Å². The van der Waals surface area contributed by atoms with Gasteiger partial charge in [-0.25, -0.2) is 0 Å². The van der Waals surface area contributed by atoms with Crippen molar-refractivity contribution in [1.82, 2.24) is 15.1 Å². The van der Waals surface area contributed by atoms with Crippen molar-refractivity contribution < 1.29 is 36.2 Å². The van der Waals surface area contributed by atoms with E-state index < -0.39 is 61.5 Å². The molecule has 0 aromatic heterocycles. The largest absolute Gasteiger partial charge is 0.393 e. The van der Waals surface area contributed by atoms with E-state index in [0.29, 0.717) is 32.0 Å². The van der Waals surface area contributed by atoms with Crippen LogP contribution in [0.25, 0.3) is 0 Å². The lowest BCUT2D eigenvalue weighted by Gasteiger charge is -2.46. The predicted octanol–water partition coefficient (Wildman–Crippen LogP) is 5.13. The zero-order chi connectivity index (χ0) is 27.5. The molecule has 5 atom stereocenters. The summed E-state index contributed by atoms with van der Waals surface area (Å²) in [5, 5.41) is 13.5.